The van der Waals surface area contributed by atoms with Gasteiger partial charge in [0.2, 0.25) is 5.91 Å². The van der Waals surface area contributed by atoms with Gasteiger partial charge in [-0.2, -0.15) is 0 Å². The molecule has 3 amide bonds. The minimum atomic E-state index is -1.07. The highest BCUT2D eigenvalue weighted by atomic mass is 16.4. The average Bonchev–Trinajstić information content (AvgIpc) is 2.27. The Morgan fingerprint density at radius 1 is 1.47 bits per heavy atom. The minimum Gasteiger partial charge on any atom is -0.480 e. The monoisotopic (exact) mass is 243 g/mol. The Kier molecular flexibility index (Phi) is 4.30. The smallest absolute Gasteiger partial charge is 0.323 e. The molecule has 0 spiro atoms. The first-order valence-electron chi connectivity index (χ1n) is 5.43. The standard InChI is InChI=1S/C10H17N3O4/c1-12(6-8(14)15)10(17)13-4-2-3-7(5-13)9(11)16/h7H,2-6H2,1H3,(H2,11,16)(H,14,15). The lowest BCUT2D eigenvalue weighted by molar-refractivity contribution is -0.137. The first kappa shape index (κ1) is 13.3. The fourth-order valence-corrected chi connectivity index (χ4v) is 1.90. The SMILES string of the molecule is CN(CC(=O)O)C(=O)N1CCCC(C(N)=O)C1. The van der Waals surface area contributed by atoms with Crippen LogP contribution in [0.1, 0.15) is 12.8 Å². The fraction of sp³-hybridized carbons (Fsp3) is 0.700. The van der Waals surface area contributed by atoms with Gasteiger partial charge in [0.1, 0.15) is 6.54 Å². The summed E-state index contributed by atoms with van der Waals surface area (Å²) in [6, 6.07) is -0.377. The third-order valence-corrected chi connectivity index (χ3v) is 2.79. The van der Waals surface area contributed by atoms with Gasteiger partial charge in [-0.1, -0.05) is 0 Å². The van der Waals surface area contributed by atoms with E-state index in [1.807, 2.05) is 0 Å². The number of likely N-dealkylation sites (tertiary alicyclic amines) is 1. The number of rotatable bonds is 3. The largest absolute Gasteiger partial charge is 0.480 e. The molecule has 17 heavy (non-hydrogen) atoms. The van der Waals surface area contributed by atoms with Crippen LogP contribution in [0.2, 0.25) is 0 Å². The van der Waals surface area contributed by atoms with E-state index in [1.54, 1.807) is 0 Å². The number of hydrogen-bond acceptors (Lipinski definition) is 3. The van der Waals surface area contributed by atoms with Crippen molar-refractivity contribution in [3.8, 4) is 0 Å². The van der Waals surface area contributed by atoms with E-state index in [1.165, 1.54) is 11.9 Å². The Bertz CT molecular complexity index is 332. The second kappa shape index (κ2) is 5.51. The summed E-state index contributed by atoms with van der Waals surface area (Å²) in [5.74, 6) is -1.81. The predicted molar refractivity (Wildman–Crippen MR) is 59.2 cm³/mol. The topological polar surface area (TPSA) is 104 Å². The molecule has 0 bridgehead atoms. The summed E-state index contributed by atoms with van der Waals surface area (Å²) >= 11 is 0. The molecule has 0 radical (unpaired) electrons. The van der Waals surface area contributed by atoms with E-state index in [-0.39, 0.29) is 25.0 Å². The van der Waals surface area contributed by atoms with E-state index in [4.69, 9.17) is 10.8 Å². The van der Waals surface area contributed by atoms with Crippen LogP contribution in [-0.4, -0.2) is 59.5 Å². The number of amides is 3. The summed E-state index contributed by atoms with van der Waals surface area (Å²) in [4.78, 5) is 36.0. The van der Waals surface area contributed by atoms with Crippen molar-refractivity contribution in [3.05, 3.63) is 0 Å². The molecule has 3 N–H and O–H groups in total. The summed E-state index contributed by atoms with van der Waals surface area (Å²) in [6.07, 6.45) is 1.39. The van der Waals surface area contributed by atoms with Crippen molar-refractivity contribution in [1.82, 2.24) is 9.80 Å². The minimum absolute atomic E-state index is 0.276. The predicted octanol–water partition coefficient (Wildman–Crippen LogP) is -0.680. The number of carboxylic acids is 1. The van der Waals surface area contributed by atoms with Crippen molar-refractivity contribution in [3.63, 3.8) is 0 Å². The zero-order valence-electron chi connectivity index (χ0n) is 9.76. The number of hydrogen-bond donors (Lipinski definition) is 2. The van der Waals surface area contributed by atoms with Crippen molar-refractivity contribution >= 4 is 17.9 Å². The normalized spacial score (nSPS) is 19.8. The number of carbonyl (C=O) groups excluding carboxylic acids is 2. The number of urea groups is 1. The van der Waals surface area contributed by atoms with Gasteiger partial charge in [0.15, 0.2) is 0 Å². The van der Waals surface area contributed by atoms with Crippen LogP contribution < -0.4 is 5.73 Å². The van der Waals surface area contributed by atoms with E-state index >= 15 is 0 Å². The lowest BCUT2D eigenvalue weighted by Crippen LogP contribution is -2.49. The maximum absolute atomic E-state index is 11.8. The summed E-state index contributed by atoms with van der Waals surface area (Å²) in [7, 11) is 1.42. The molecule has 0 aliphatic carbocycles. The molecule has 0 saturated carbocycles. The van der Waals surface area contributed by atoms with E-state index < -0.39 is 11.9 Å². The fourth-order valence-electron chi connectivity index (χ4n) is 1.90. The van der Waals surface area contributed by atoms with E-state index in [2.05, 4.69) is 0 Å². The number of nitrogens with two attached hydrogens (primary N) is 1. The van der Waals surface area contributed by atoms with Crippen molar-refractivity contribution < 1.29 is 19.5 Å². The first-order chi connectivity index (χ1) is 7.91. The van der Waals surface area contributed by atoms with Crippen molar-refractivity contribution in [1.29, 1.82) is 0 Å². The number of piperidine rings is 1. The van der Waals surface area contributed by atoms with Crippen molar-refractivity contribution in [2.45, 2.75) is 12.8 Å². The van der Waals surface area contributed by atoms with Gasteiger partial charge in [-0.3, -0.25) is 9.59 Å². The quantitative estimate of drug-likeness (QED) is 0.685. The molecule has 1 heterocycles. The van der Waals surface area contributed by atoms with Gasteiger partial charge in [-0.05, 0) is 12.8 Å². The maximum atomic E-state index is 11.8. The van der Waals surface area contributed by atoms with Crippen LogP contribution in [0.5, 0.6) is 0 Å². The van der Waals surface area contributed by atoms with E-state index in [0.717, 1.165) is 4.90 Å². The van der Waals surface area contributed by atoms with Gasteiger partial charge < -0.3 is 20.6 Å². The van der Waals surface area contributed by atoms with Crippen LogP contribution in [0, 0.1) is 5.92 Å². The number of carbonyl (C=O) groups is 3. The Balaban J connectivity index is 2.57. The molecule has 1 aliphatic rings. The van der Waals surface area contributed by atoms with Crippen LogP contribution in [0.3, 0.4) is 0 Å². The van der Waals surface area contributed by atoms with Crippen LogP contribution in [0.25, 0.3) is 0 Å². The van der Waals surface area contributed by atoms with Gasteiger partial charge in [-0.15, -0.1) is 0 Å². The molecule has 1 fully saturated rings. The molecule has 0 aromatic rings. The van der Waals surface area contributed by atoms with E-state index in [0.29, 0.717) is 19.4 Å². The molecule has 0 aromatic carbocycles. The third-order valence-electron chi connectivity index (χ3n) is 2.79. The second-order valence-corrected chi connectivity index (χ2v) is 4.22. The number of primary amides is 1. The lowest BCUT2D eigenvalue weighted by Gasteiger charge is -2.33. The molecule has 1 saturated heterocycles. The van der Waals surface area contributed by atoms with Gasteiger partial charge in [-0.25, -0.2) is 4.79 Å². The summed E-state index contributed by atoms with van der Waals surface area (Å²) in [5, 5.41) is 8.58. The highest BCUT2D eigenvalue weighted by Crippen LogP contribution is 2.16. The molecule has 96 valence electrons. The molecule has 1 rings (SSSR count). The highest BCUT2D eigenvalue weighted by Gasteiger charge is 2.28. The van der Waals surface area contributed by atoms with Crippen molar-refractivity contribution in [2.75, 3.05) is 26.7 Å². The van der Waals surface area contributed by atoms with Gasteiger partial charge in [0.25, 0.3) is 0 Å². The number of carboxylic acid groups (broad SMARTS) is 1. The molecule has 7 heteroatoms. The molecular formula is C10H17N3O4. The lowest BCUT2D eigenvalue weighted by atomic mass is 9.98. The molecule has 1 aliphatic heterocycles. The Morgan fingerprint density at radius 2 is 2.12 bits per heavy atom. The van der Waals surface area contributed by atoms with Gasteiger partial charge in [0, 0.05) is 20.1 Å². The summed E-state index contributed by atoms with van der Waals surface area (Å²) in [5.41, 5.74) is 5.20. The number of nitrogens with zero attached hydrogens (tertiary/aromatic N) is 2. The summed E-state index contributed by atoms with van der Waals surface area (Å²) in [6.45, 7) is 0.460. The average molecular weight is 243 g/mol. The molecule has 1 unspecified atom stereocenters. The molecular weight excluding hydrogens is 226 g/mol. The molecule has 7 nitrogen and oxygen atoms in total. The number of aliphatic carboxylic acids is 1. The zero-order valence-corrected chi connectivity index (χ0v) is 9.76. The third kappa shape index (κ3) is 3.61. The Hall–Kier alpha value is -1.79. The van der Waals surface area contributed by atoms with Crippen LogP contribution >= 0.6 is 0 Å². The Labute approximate surface area is 99.2 Å². The van der Waals surface area contributed by atoms with Crippen LogP contribution in [0.4, 0.5) is 4.79 Å². The summed E-state index contributed by atoms with van der Waals surface area (Å²) < 4.78 is 0. The second-order valence-electron chi connectivity index (χ2n) is 4.22. The number of likely N-dealkylation sites (N-methyl/N-ethyl adjacent to an activating group) is 1. The highest BCUT2D eigenvalue weighted by molar-refractivity contribution is 5.81. The zero-order chi connectivity index (χ0) is 13.0. The van der Waals surface area contributed by atoms with Crippen molar-refractivity contribution in [2.24, 2.45) is 11.7 Å². The maximum Gasteiger partial charge on any atom is 0.323 e. The molecule has 1 atom stereocenters. The van der Waals surface area contributed by atoms with Gasteiger partial charge in [0.05, 0.1) is 5.92 Å². The van der Waals surface area contributed by atoms with Crippen LogP contribution in [0.15, 0.2) is 0 Å². The van der Waals surface area contributed by atoms with Crippen LogP contribution in [-0.2, 0) is 9.59 Å². The first-order valence-corrected chi connectivity index (χ1v) is 5.43. The molecule has 0 aromatic heterocycles. The Morgan fingerprint density at radius 3 is 2.65 bits per heavy atom. The van der Waals surface area contributed by atoms with E-state index in [9.17, 15) is 14.4 Å². The van der Waals surface area contributed by atoms with Gasteiger partial charge >= 0.3 is 12.0 Å².